The van der Waals surface area contributed by atoms with Crippen LogP contribution in [0.4, 0.5) is 13.2 Å². The van der Waals surface area contributed by atoms with E-state index >= 15 is 0 Å². The largest absolute Gasteiger partial charge is 0.417 e. The first-order valence-corrected chi connectivity index (χ1v) is 12.2. The lowest BCUT2D eigenvalue weighted by Gasteiger charge is -2.15. The van der Waals surface area contributed by atoms with E-state index in [0.29, 0.717) is 33.0 Å². The quantitative estimate of drug-likeness (QED) is 0.270. The third-order valence-electron chi connectivity index (χ3n) is 5.57. The van der Waals surface area contributed by atoms with Crippen molar-refractivity contribution >= 4 is 40.7 Å². The molecule has 10 heteroatoms. The number of allylic oxidation sites excluding steroid dienone is 2. The fourth-order valence-electron chi connectivity index (χ4n) is 3.99. The van der Waals surface area contributed by atoms with Gasteiger partial charge < -0.3 is 9.47 Å². The van der Waals surface area contributed by atoms with Crippen molar-refractivity contribution in [1.82, 2.24) is 19.4 Å². The molecule has 2 aliphatic heterocycles. The molecule has 34 heavy (non-hydrogen) atoms. The first-order chi connectivity index (χ1) is 16.3. The van der Waals surface area contributed by atoms with Crippen molar-refractivity contribution in [3.63, 3.8) is 0 Å². The average molecular weight is 505 g/mol. The van der Waals surface area contributed by atoms with Crippen molar-refractivity contribution in [1.29, 1.82) is 0 Å². The number of carbonyl (C=O) groups excluding carboxylic acids is 1. The van der Waals surface area contributed by atoms with E-state index in [-0.39, 0.29) is 23.0 Å². The second-order valence-electron chi connectivity index (χ2n) is 7.59. The molecule has 0 N–H and O–H groups in total. The van der Waals surface area contributed by atoms with Crippen LogP contribution in [0.15, 0.2) is 70.9 Å². The molecule has 5 rings (SSSR count). The van der Waals surface area contributed by atoms with Gasteiger partial charge in [0.1, 0.15) is 17.4 Å². The summed E-state index contributed by atoms with van der Waals surface area (Å²) in [7, 11) is 1.80. The summed E-state index contributed by atoms with van der Waals surface area (Å²) in [5.74, 6) is 0.858. The summed E-state index contributed by atoms with van der Waals surface area (Å²) >= 11 is 5.29. The summed E-state index contributed by atoms with van der Waals surface area (Å²) in [6, 6.07) is 10.2. The number of imidazole rings is 1. The standard InChI is InChI=1S/C22H17F3N4OS2.C2H6/c1-28-19-16(8-15(9-26-19)32-21(30)12-5-3-2-4-6-12)27-20(28)18-17-13(11-31)7-14(10-29(17)18)22(23,24)25;1-2/h2-10,17-18,31H,11H2,1H3;1-2H3/t17-,18?,29?;/m0./s1. The van der Waals surface area contributed by atoms with Gasteiger partial charge in [-0.2, -0.15) is 25.8 Å². The van der Waals surface area contributed by atoms with Gasteiger partial charge >= 0.3 is 6.18 Å². The molecule has 0 spiro atoms. The molecule has 3 aromatic rings. The molecule has 2 aromatic heterocycles. The zero-order chi connectivity index (χ0) is 24.6. The van der Waals surface area contributed by atoms with Crippen molar-refractivity contribution < 1.29 is 18.0 Å². The number of aryl methyl sites for hydroxylation is 1. The Bertz CT molecular complexity index is 1280. The molecular formula is C24H23F3N4OS2. The van der Waals surface area contributed by atoms with Crippen LogP contribution in [0.2, 0.25) is 0 Å². The van der Waals surface area contributed by atoms with Gasteiger partial charge in [-0.3, -0.25) is 4.79 Å². The van der Waals surface area contributed by atoms with Gasteiger partial charge in [0.2, 0.25) is 5.12 Å². The van der Waals surface area contributed by atoms with Gasteiger partial charge in [-0.15, -0.1) is 0 Å². The number of alkyl halides is 3. The highest BCUT2D eigenvalue weighted by Crippen LogP contribution is 2.51. The lowest BCUT2D eigenvalue weighted by molar-refractivity contribution is -0.0892. The second kappa shape index (κ2) is 9.50. The van der Waals surface area contributed by atoms with Crippen LogP contribution < -0.4 is 0 Å². The normalized spacial score (nSPS) is 19.1. The molecule has 0 saturated carbocycles. The summed E-state index contributed by atoms with van der Waals surface area (Å²) in [6.45, 7) is 4.00. The molecule has 2 atom stereocenters. The van der Waals surface area contributed by atoms with Crippen LogP contribution in [0.1, 0.15) is 36.1 Å². The summed E-state index contributed by atoms with van der Waals surface area (Å²) in [5.41, 5.74) is 1.72. The number of benzene rings is 1. The third kappa shape index (κ3) is 4.48. The molecule has 0 amide bonds. The van der Waals surface area contributed by atoms with Crippen molar-refractivity contribution in [3.05, 3.63) is 77.4 Å². The maximum Gasteiger partial charge on any atom is 0.417 e. The maximum absolute atomic E-state index is 13.3. The van der Waals surface area contributed by atoms with Crippen LogP contribution in [-0.4, -0.2) is 42.5 Å². The number of pyridine rings is 1. The maximum atomic E-state index is 13.3. The Labute approximate surface area is 205 Å². The summed E-state index contributed by atoms with van der Waals surface area (Å²) < 4.78 is 41.6. The Kier molecular flexibility index (Phi) is 6.82. The number of hydrogen-bond acceptors (Lipinski definition) is 6. The van der Waals surface area contributed by atoms with Gasteiger partial charge in [-0.1, -0.05) is 44.2 Å². The fourth-order valence-corrected chi connectivity index (χ4v) is 5.01. The van der Waals surface area contributed by atoms with E-state index in [1.165, 1.54) is 6.08 Å². The van der Waals surface area contributed by atoms with E-state index in [9.17, 15) is 18.0 Å². The Balaban J connectivity index is 0.00000133. The highest BCUT2D eigenvalue weighted by atomic mass is 32.2. The summed E-state index contributed by atoms with van der Waals surface area (Å²) in [5, 5.41) is -0.101. The van der Waals surface area contributed by atoms with Crippen molar-refractivity contribution in [2.75, 3.05) is 5.75 Å². The topological polar surface area (TPSA) is 50.8 Å². The minimum atomic E-state index is -4.42. The van der Waals surface area contributed by atoms with Crippen LogP contribution in [0, 0.1) is 0 Å². The first-order valence-electron chi connectivity index (χ1n) is 10.8. The lowest BCUT2D eigenvalue weighted by atomic mass is 10.1. The van der Waals surface area contributed by atoms with Gasteiger partial charge in [0.05, 0.1) is 11.6 Å². The van der Waals surface area contributed by atoms with E-state index in [4.69, 9.17) is 0 Å². The molecule has 0 aliphatic carbocycles. The van der Waals surface area contributed by atoms with E-state index in [1.807, 2.05) is 19.9 Å². The SMILES string of the molecule is CC.Cn1c(C2[C@@H]3C(CS)=CC(C(F)(F)F)=CN23)nc2cc(SC(=O)c3ccccc3)cnc21. The monoisotopic (exact) mass is 504 g/mol. The van der Waals surface area contributed by atoms with Crippen molar-refractivity contribution in [2.45, 2.75) is 37.0 Å². The van der Waals surface area contributed by atoms with Crippen LogP contribution >= 0.6 is 24.4 Å². The number of rotatable bonds is 4. The molecule has 178 valence electrons. The number of fused-ring (bicyclic) bond motifs is 2. The number of aromatic nitrogens is 3. The van der Waals surface area contributed by atoms with Gasteiger partial charge in [-0.05, 0) is 29.5 Å². The van der Waals surface area contributed by atoms with Crippen LogP contribution in [0.3, 0.4) is 0 Å². The molecule has 0 bridgehead atoms. The molecule has 2 aliphatic rings. The average Bonchev–Trinajstić information content (AvgIpc) is 3.48. The zero-order valence-electron chi connectivity index (χ0n) is 18.7. The van der Waals surface area contributed by atoms with Gasteiger partial charge in [0.25, 0.3) is 0 Å². The number of thioether (sulfide) groups is 1. The zero-order valence-corrected chi connectivity index (χ0v) is 20.5. The Morgan fingerprint density at radius 2 is 1.88 bits per heavy atom. The Hall–Kier alpha value is -2.72. The minimum absolute atomic E-state index is 0.101. The number of hydrogen-bond donors (Lipinski definition) is 1. The Morgan fingerprint density at radius 3 is 2.53 bits per heavy atom. The molecule has 4 heterocycles. The van der Waals surface area contributed by atoms with Gasteiger partial charge in [-0.25, -0.2) is 9.97 Å². The molecule has 1 unspecified atom stereocenters. The molecule has 0 radical (unpaired) electrons. The number of thiol groups is 1. The van der Waals surface area contributed by atoms with E-state index in [2.05, 4.69) is 22.6 Å². The highest BCUT2D eigenvalue weighted by molar-refractivity contribution is 8.14. The molecule has 1 aromatic carbocycles. The van der Waals surface area contributed by atoms with Gasteiger partial charge in [0, 0.05) is 35.7 Å². The van der Waals surface area contributed by atoms with Gasteiger partial charge in [0.15, 0.2) is 5.65 Å². The summed E-state index contributed by atoms with van der Waals surface area (Å²) in [6.07, 6.45) is -0.480. The van der Waals surface area contributed by atoms with Crippen LogP contribution in [0.25, 0.3) is 11.2 Å². The highest BCUT2D eigenvalue weighted by Gasteiger charge is 2.54. The molecule has 1 saturated heterocycles. The first kappa shape index (κ1) is 24.4. The van der Waals surface area contributed by atoms with E-state index in [0.717, 1.165) is 18.0 Å². The van der Waals surface area contributed by atoms with Crippen molar-refractivity contribution in [2.24, 2.45) is 7.05 Å². The second-order valence-corrected chi connectivity index (χ2v) is 8.96. The van der Waals surface area contributed by atoms with E-state index in [1.54, 1.807) is 53.0 Å². The molecular weight excluding hydrogens is 481 g/mol. The number of halogens is 3. The summed E-state index contributed by atoms with van der Waals surface area (Å²) in [4.78, 5) is 23.9. The Morgan fingerprint density at radius 1 is 1.18 bits per heavy atom. The predicted molar refractivity (Wildman–Crippen MR) is 131 cm³/mol. The molecule has 5 nitrogen and oxygen atoms in total. The molecule has 1 fully saturated rings. The third-order valence-corrected chi connectivity index (χ3v) is 6.82. The van der Waals surface area contributed by atoms with Crippen LogP contribution in [-0.2, 0) is 7.05 Å². The van der Waals surface area contributed by atoms with E-state index < -0.39 is 11.7 Å². The van der Waals surface area contributed by atoms with Crippen molar-refractivity contribution in [3.8, 4) is 0 Å². The number of nitrogens with zero attached hydrogens (tertiary/aromatic N) is 4. The van der Waals surface area contributed by atoms with Crippen LogP contribution in [0.5, 0.6) is 0 Å². The predicted octanol–water partition coefficient (Wildman–Crippen LogP) is 5.97. The number of carbonyl (C=O) groups is 1. The minimum Gasteiger partial charge on any atom is -0.355 e. The lowest BCUT2D eigenvalue weighted by Crippen LogP contribution is -2.17. The fraction of sp³-hybridized carbons (Fsp3) is 0.292. The smallest absolute Gasteiger partial charge is 0.355 e.